The standard InChI is InChI=1S/C18H13Cl2F6N3O/c19-10-1-2-12(13(20)7-10)16(30)29-5-3-28(4-6-29)11-8-14(17(21,22)23)27-15(9-11)18(24,25)26/h1-2,7-9H,3-6H2. The van der Waals surface area contributed by atoms with E-state index in [1.54, 1.807) is 0 Å². The third-order valence-corrected chi connectivity index (χ3v) is 5.03. The summed E-state index contributed by atoms with van der Waals surface area (Å²) in [5, 5.41) is 0.494. The number of carbonyl (C=O) groups is 1. The monoisotopic (exact) mass is 471 g/mol. The highest BCUT2D eigenvalue weighted by molar-refractivity contribution is 6.36. The molecule has 30 heavy (non-hydrogen) atoms. The molecule has 1 fully saturated rings. The van der Waals surface area contributed by atoms with Crippen molar-refractivity contribution in [2.75, 3.05) is 31.1 Å². The Labute approximate surface area is 177 Å². The summed E-state index contributed by atoms with van der Waals surface area (Å²) in [4.78, 5) is 18.1. The van der Waals surface area contributed by atoms with Crippen LogP contribution in [0, 0.1) is 0 Å². The predicted octanol–water partition coefficient (Wildman–Crippen LogP) is 5.39. The van der Waals surface area contributed by atoms with Crippen LogP contribution >= 0.6 is 23.2 Å². The van der Waals surface area contributed by atoms with Crippen LogP contribution in [-0.4, -0.2) is 42.0 Å². The Morgan fingerprint density at radius 3 is 1.87 bits per heavy atom. The molecule has 1 amide bonds. The summed E-state index contributed by atoms with van der Waals surface area (Å²) >= 11 is 11.8. The first-order valence-corrected chi connectivity index (χ1v) is 9.27. The van der Waals surface area contributed by atoms with E-state index in [-0.39, 0.29) is 42.5 Å². The summed E-state index contributed by atoms with van der Waals surface area (Å²) in [6, 6.07) is 5.49. The number of hydrogen-bond acceptors (Lipinski definition) is 3. The van der Waals surface area contributed by atoms with Crippen LogP contribution in [0.2, 0.25) is 10.0 Å². The zero-order chi connectivity index (χ0) is 22.3. The molecule has 0 N–H and O–H groups in total. The van der Waals surface area contributed by atoms with Crippen molar-refractivity contribution in [1.29, 1.82) is 0 Å². The fraction of sp³-hybridized carbons (Fsp3) is 0.333. The molecule has 1 aromatic heterocycles. The number of amides is 1. The molecule has 1 aliphatic heterocycles. The Morgan fingerprint density at radius 2 is 1.40 bits per heavy atom. The molecule has 162 valence electrons. The highest BCUT2D eigenvalue weighted by Gasteiger charge is 2.39. The molecule has 2 heterocycles. The van der Waals surface area contributed by atoms with Gasteiger partial charge < -0.3 is 9.80 Å². The van der Waals surface area contributed by atoms with Gasteiger partial charge in [0.05, 0.1) is 10.6 Å². The van der Waals surface area contributed by atoms with E-state index in [1.165, 1.54) is 28.0 Å². The number of aromatic nitrogens is 1. The fourth-order valence-corrected chi connectivity index (χ4v) is 3.48. The fourth-order valence-electron chi connectivity index (χ4n) is 2.99. The smallest absolute Gasteiger partial charge is 0.368 e. The molecular formula is C18H13Cl2F6N3O. The number of piperazine rings is 1. The molecule has 0 bridgehead atoms. The van der Waals surface area contributed by atoms with Crippen molar-refractivity contribution < 1.29 is 31.1 Å². The first kappa shape index (κ1) is 22.5. The lowest BCUT2D eigenvalue weighted by molar-refractivity contribution is -0.150. The second-order valence-corrected chi connectivity index (χ2v) is 7.34. The van der Waals surface area contributed by atoms with E-state index in [0.29, 0.717) is 17.2 Å². The van der Waals surface area contributed by atoms with Gasteiger partial charge in [-0.25, -0.2) is 4.98 Å². The zero-order valence-electron chi connectivity index (χ0n) is 15.0. The van der Waals surface area contributed by atoms with Gasteiger partial charge in [-0.1, -0.05) is 23.2 Å². The number of hydrogen-bond donors (Lipinski definition) is 0. The molecule has 0 atom stereocenters. The van der Waals surface area contributed by atoms with Crippen LogP contribution in [0.1, 0.15) is 21.7 Å². The van der Waals surface area contributed by atoms with Gasteiger partial charge in [0.1, 0.15) is 11.4 Å². The SMILES string of the molecule is O=C(c1ccc(Cl)cc1Cl)N1CCN(c2cc(C(F)(F)F)nc(C(F)(F)F)c2)CC1. The molecule has 12 heteroatoms. The maximum Gasteiger partial charge on any atom is 0.433 e. The number of pyridine rings is 1. The number of carbonyl (C=O) groups excluding carboxylic acids is 1. The van der Waals surface area contributed by atoms with Gasteiger partial charge in [-0.2, -0.15) is 26.3 Å². The van der Waals surface area contributed by atoms with E-state index >= 15 is 0 Å². The Balaban J connectivity index is 1.80. The van der Waals surface area contributed by atoms with Gasteiger partial charge in [0.2, 0.25) is 0 Å². The molecule has 2 aromatic rings. The minimum absolute atomic E-state index is 0.0373. The summed E-state index contributed by atoms with van der Waals surface area (Å²) in [5.41, 5.74) is -3.31. The number of alkyl halides is 6. The topological polar surface area (TPSA) is 36.4 Å². The van der Waals surface area contributed by atoms with Crippen molar-refractivity contribution in [3.05, 3.63) is 57.3 Å². The van der Waals surface area contributed by atoms with E-state index in [9.17, 15) is 31.1 Å². The van der Waals surface area contributed by atoms with Crippen LogP contribution in [0.5, 0.6) is 0 Å². The summed E-state index contributed by atoms with van der Waals surface area (Å²) in [6.45, 7) is 0.247. The van der Waals surface area contributed by atoms with Crippen molar-refractivity contribution in [3.63, 3.8) is 0 Å². The van der Waals surface area contributed by atoms with Crippen molar-refractivity contribution in [1.82, 2.24) is 9.88 Å². The average molecular weight is 472 g/mol. The largest absolute Gasteiger partial charge is 0.433 e. The number of benzene rings is 1. The van der Waals surface area contributed by atoms with E-state index in [0.717, 1.165) is 0 Å². The lowest BCUT2D eigenvalue weighted by atomic mass is 10.1. The Morgan fingerprint density at radius 1 is 0.867 bits per heavy atom. The summed E-state index contributed by atoms with van der Waals surface area (Å²) < 4.78 is 78.0. The molecule has 0 aliphatic carbocycles. The molecular weight excluding hydrogens is 459 g/mol. The lowest BCUT2D eigenvalue weighted by Gasteiger charge is -2.36. The van der Waals surface area contributed by atoms with E-state index < -0.39 is 29.6 Å². The third-order valence-electron chi connectivity index (χ3n) is 4.48. The van der Waals surface area contributed by atoms with Gasteiger partial charge >= 0.3 is 12.4 Å². The maximum atomic E-state index is 13.0. The van der Waals surface area contributed by atoms with E-state index in [4.69, 9.17) is 23.2 Å². The van der Waals surface area contributed by atoms with Gasteiger partial charge in [0, 0.05) is 36.9 Å². The molecule has 0 saturated carbocycles. The number of nitrogens with zero attached hydrogens (tertiary/aromatic N) is 3. The van der Waals surface area contributed by atoms with Crippen LogP contribution in [0.25, 0.3) is 0 Å². The Hall–Kier alpha value is -2.20. The molecule has 1 saturated heterocycles. The Kier molecular flexibility index (Phi) is 6.10. The van der Waals surface area contributed by atoms with Crippen molar-refractivity contribution in [2.24, 2.45) is 0 Å². The van der Waals surface area contributed by atoms with Gasteiger partial charge in [-0.15, -0.1) is 0 Å². The second kappa shape index (κ2) is 8.14. The summed E-state index contributed by atoms with van der Waals surface area (Å²) in [7, 11) is 0. The van der Waals surface area contributed by atoms with Crippen LogP contribution in [0.4, 0.5) is 32.0 Å². The molecule has 4 nitrogen and oxygen atoms in total. The predicted molar refractivity (Wildman–Crippen MR) is 98.8 cm³/mol. The first-order chi connectivity index (χ1) is 13.9. The minimum Gasteiger partial charge on any atom is -0.368 e. The molecule has 0 radical (unpaired) electrons. The normalized spacial score (nSPS) is 15.5. The third kappa shape index (κ3) is 4.92. The van der Waals surface area contributed by atoms with Crippen LogP contribution in [-0.2, 0) is 12.4 Å². The van der Waals surface area contributed by atoms with Gasteiger partial charge in [-0.3, -0.25) is 4.79 Å². The van der Waals surface area contributed by atoms with E-state index in [1.807, 2.05) is 0 Å². The maximum absolute atomic E-state index is 13.0. The van der Waals surface area contributed by atoms with Gasteiger partial charge in [0.25, 0.3) is 5.91 Å². The summed E-state index contributed by atoms with van der Waals surface area (Å²) in [5.74, 6) is -0.405. The Bertz CT molecular complexity index is 924. The quantitative estimate of drug-likeness (QED) is 0.551. The molecule has 0 unspecified atom stereocenters. The number of rotatable bonds is 2. The highest BCUT2D eigenvalue weighted by atomic mass is 35.5. The molecule has 3 rings (SSSR count). The van der Waals surface area contributed by atoms with Crippen molar-refractivity contribution >= 4 is 34.8 Å². The molecule has 1 aromatic carbocycles. The number of anilines is 1. The zero-order valence-corrected chi connectivity index (χ0v) is 16.5. The van der Waals surface area contributed by atoms with E-state index in [2.05, 4.69) is 4.98 Å². The van der Waals surface area contributed by atoms with Crippen molar-refractivity contribution in [3.8, 4) is 0 Å². The van der Waals surface area contributed by atoms with Crippen LogP contribution in [0.15, 0.2) is 30.3 Å². The first-order valence-electron chi connectivity index (χ1n) is 8.52. The van der Waals surface area contributed by atoms with Crippen LogP contribution < -0.4 is 4.90 Å². The average Bonchev–Trinajstić information content (AvgIpc) is 2.66. The minimum atomic E-state index is -5.03. The van der Waals surface area contributed by atoms with Gasteiger partial charge in [-0.05, 0) is 30.3 Å². The highest BCUT2D eigenvalue weighted by Crippen LogP contribution is 2.36. The molecule has 1 aliphatic rings. The van der Waals surface area contributed by atoms with Crippen LogP contribution in [0.3, 0.4) is 0 Å². The van der Waals surface area contributed by atoms with Crippen molar-refractivity contribution in [2.45, 2.75) is 12.4 Å². The van der Waals surface area contributed by atoms with Gasteiger partial charge in [0.15, 0.2) is 0 Å². The number of halogens is 8. The second-order valence-electron chi connectivity index (χ2n) is 6.49. The summed E-state index contributed by atoms with van der Waals surface area (Å²) in [6.07, 6.45) is -10.1. The molecule has 0 spiro atoms. The lowest BCUT2D eigenvalue weighted by Crippen LogP contribution is -2.49.